The summed E-state index contributed by atoms with van der Waals surface area (Å²) in [4.78, 5) is 38.0. The van der Waals surface area contributed by atoms with E-state index in [1.165, 1.54) is 89.9 Å². The van der Waals surface area contributed by atoms with Gasteiger partial charge in [0.25, 0.3) is 0 Å². The lowest BCUT2D eigenvalue weighted by atomic mass is 10.1. The largest absolute Gasteiger partial charge is 0.462 e. The summed E-state index contributed by atoms with van der Waals surface area (Å²) >= 11 is 0. The fourth-order valence-corrected chi connectivity index (χ4v) is 7.10. The Morgan fingerprint density at radius 3 is 1.02 bits per heavy atom. The molecule has 0 aliphatic carbocycles. The minimum atomic E-state index is -0.798. The molecule has 0 radical (unpaired) electrons. The molecule has 1 atom stereocenters. The molecule has 366 valence electrons. The fourth-order valence-electron chi connectivity index (χ4n) is 7.10. The highest BCUT2D eigenvalue weighted by atomic mass is 16.6. The molecule has 0 rings (SSSR count). The quantitative estimate of drug-likeness (QED) is 0.0262. The molecular weight excluding hydrogens is 793 g/mol. The number of allylic oxidation sites excluding steroid dienone is 14. The van der Waals surface area contributed by atoms with E-state index < -0.39 is 6.10 Å². The van der Waals surface area contributed by atoms with Crippen molar-refractivity contribution < 1.29 is 28.6 Å². The Labute approximate surface area is 395 Å². The molecule has 0 fully saturated rings. The summed E-state index contributed by atoms with van der Waals surface area (Å²) in [6.45, 7) is 6.44. The minimum absolute atomic E-state index is 0.0967. The van der Waals surface area contributed by atoms with E-state index in [4.69, 9.17) is 14.2 Å². The summed E-state index contributed by atoms with van der Waals surface area (Å²) in [7, 11) is 0. The summed E-state index contributed by atoms with van der Waals surface area (Å²) in [5, 5.41) is 0. The number of rotatable bonds is 47. The van der Waals surface area contributed by atoms with Gasteiger partial charge >= 0.3 is 17.9 Å². The topological polar surface area (TPSA) is 78.9 Å². The highest BCUT2D eigenvalue weighted by molar-refractivity contribution is 5.71. The molecule has 6 nitrogen and oxygen atoms in total. The lowest BCUT2D eigenvalue weighted by Crippen LogP contribution is -2.30. The Balaban J connectivity index is 4.44. The first-order valence-electron chi connectivity index (χ1n) is 26.6. The van der Waals surface area contributed by atoms with Gasteiger partial charge in [0.1, 0.15) is 13.2 Å². The van der Waals surface area contributed by atoms with Crippen molar-refractivity contribution >= 4 is 17.9 Å². The normalized spacial score (nSPS) is 12.7. The van der Waals surface area contributed by atoms with E-state index in [2.05, 4.69) is 106 Å². The molecule has 0 bridgehead atoms. The molecule has 0 N–H and O–H groups in total. The molecule has 1 unspecified atom stereocenters. The van der Waals surface area contributed by atoms with Gasteiger partial charge in [-0.15, -0.1) is 0 Å². The number of carbonyl (C=O) groups excluding carboxylic acids is 3. The van der Waals surface area contributed by atoms with Crippen molar-refractivity contribution in [2.45, 2.75) is 252 Å². The molecule has 0 heterocycles. The molecule has 0 aromatic rings. The van der Waals surface area contributed by atoms with E-state index in [1.807, 2.05) is 0 Å². The smallest absolute Gasteiger partial charge is 0.306 e. The van der Waals surface area contributed by atoms with Gasteiger partial charge in [-0.1, -0.05) is 196 Å². The zero-order valence-electron chi connectivity index (χ0n) is 41.8. The van der Waals surface area contributed by atoms with Crippen molar-refractivity contribution in [3.05, 3.63) is 85.1 Å². The molecule has 0 spiro atoms. The first-order valence-corrected chi connectivity index (χ1v) is 26.6. The molecular formula is C58H98O6. The Morgan fingerprint density at radius 2 is 0.609 bits per heavy atom. The Bertz CT molecular complexity index is 1250. The molecule has 0 aromatic heterocycles. The van der Waals surface area contributed by atoms with Gasteiger partial charge in [0.15, 0.2) is 6.10 Å². The van der Waals surface area contributed by atoms with Gasteiger partial charge in [0, 0.05) is 19.3 Å². The second-order valence-corrected chi connectivity index (χ2v) is 17.4. The van der Waals surface area contributed by atoms with Crippen LogP contribution in [0.25, 0.3) is 0 Å². The molecule has 0 saturated heterocycles. The maximum Gasteiger partial charge on any atom is 0.306 e. The fraction of sp³-hybridized carbons (Fsp3) is 0.707. The van der Waals surface area contributed by atoms with Crippen LogP contribution in [0.2, 0.25) is 0 Å². The van der Waals surface area contributed by atoms with Crippen LogP contribution in [0.3, 0.4) is 0 Å². The second kappa shape index (κ2) is 52.2. The number of hydrogen-bond donors (Lipinski definition) is 0. The third kappa shape index (κ3) is 49.6. The monoisotopic (exact) mass is 891 g/mol. The molecule has 6 heteroatoms. The van der Waals surface area contributed by atoms with E-state index in [9.17, 15) is 14.4 Å². The highest BCUT2D eigenvalue weighted by Crippen LogP contribution is 2.13. The third-order valence-corrected chi connectivity index (χ3v) is 11.1. The van der Waals surface area contributed by atoms with Crippen LogP contribution in [-0.2, 0) is 28.6 Å². The van der Waals surface area contributed by atoms with Crippen LogP contribution >= 0.6 is 0 Å². The van der Waals surface area contributed by atoms with E-state index in [0.29, 0.717) is 19.3 Å². The molecule has 0 amide bonds. The average molecular weight is 891 g/mol. The third-order valence-electron chi connectivity index (χ3n) is 11.1. The maximum absolute atomic E-state index is 12.8. The van der Waals surface area contributed by atoms with Gasteiger partial charge in [0.05, 0.1) is 0 Å². The number of esters is 3. The average Bonchev–Trinajstić information content (AvgIpc) is 3.29. The van der Waals surface area contributed by atoms with Crippen molar-refractivity contribution in [1.29, 1.82) is 0 Å². The van der Waals surface area contributed by atoms with E-state index >= 15 is 0 Å². The van der Waals surface area contributed by atoms with Gasteiger partial charge in [-0.05, 0) is 116 Å². The van der Waals surface area contributed by atoms with Crippen molar-refractivity contribution in [2.75, 3.05) is 13.2 Å². The van der Waals surface area contributed by atoms with E-state index in [-0.39, 0.29) is 31.1 Å². The number of ether oxygens (including phenoxy) is 3. The standard InChI is InChI=1S/C58H98O6/c1-4-7-10-13-16-19-22-25-27-28-29-30-31-34-36-39-42-45-48-51-57(60)63-54-55(53-62-56(59)50-47-44-41-38-35-32-24-21-18-15-12-9-6-3)64-58(61)52-49-46-43-40-37-33-26-23-20-17-14-11-8-5-2/h9,12,16,18-19,21,23,25-27,29-30,32,35,55H,4-8,10-11,13-15,17,20,22,24,28,31,33-34,36-54H2,1-3H3/b12-9-,19-16-,21-18-,26-23-,27-25-,30-29-,35-32-. The molecule has 0 aliphatic rings. The van der Waals surface area contributed by atoms with Gasteiger partial charge in [-0.25, -0.2) is 0 Å². The Hall–Kier alpha value is -3.41. The molecule has 0 saturated carbocycles. The summed E-state index contributed by atoms with van der Waals surface area (Å²) < 4.78 is 16.8. The number of unbranched alkanes of at least 4 members (excludes halogenated alkanes) is 22. The van der Waals surface area contributed by atoms with Crippen LogP contribution in [0.1, 0.15) is 245 Å². The predicted octanol–water partition coefficient (Wildman–Crippen LogP) is 17.6. The van der Waals surface area contributed by atoms with Crippen LogP contribution in [0, 0.1) is 0 Å². The van der Waals surface area contributed by atoms with Crippen molar-refractivity contribution in [3.63, 3.8) is 0 Å². The van der Waals surface area contributed by atoms with Gasteiger partial charge < -0.3 is 14.2 Å². The summed E-state index contributed by atoms with van der Waals surface area (Å²) in [5.74, 6) is -0.947. The number of carbonyl (C=O) groups is 3. The van der Waals surface area contributed by atoms with Crippen molar-refractivity contribution in [3.8, 4) is 0 Å². The van der Waals surface area contributed by atoms with E-state index in [0.717, 1.165) is 116 Å². The maximum atomic E-state index is 12.8. The predicted molar refractivity (Wildman–Crippen MR) is 274 cm³/mol. The van der Waals surface area contributed by atoms with Crippen LogP contribution in [-0.4, -0.2) is 37.2 Å². The summed E-state index contributed by atoms with van der Waals surface area (Å²) in [6.07, 6.45) is 67.1. The summed E-state index contributed by atoms with van der Waals surface area (Å²) in [5.41, 5.74) is 0. The molecule has 0 aliphatic heterocycles. The summed E-state index contributed by atoms with van der Waals surface area (Å²) in [6, 6.07) is 0. The highest BCUT2D eigenvalue weighted by Gasteiger charge is 2.19. The van der Waals surface area contributed by atoms with Crippen LogP contribution in [0.15, 0.2) is 85.1 Å². The lowest BCUT2D eigenvalue weighted by Gasteiger charge is -2.18. The zero-order valence-corrected chi connectivity index (χ0v) is 41.8. The zero-order chi connectivity index (χ0) is 46.5. The van der Waals surface area contributed by atoms with Crippen molar-refractivity contribution in [1.82, 2.24) is 0 Å². The Morgan fingerprint density at radius 1 is 0.328 bits per heavy atom. The second-order valence-electron chi connectivity index (χ2n) is 17.4. The van der Waals surface area contributed by atoms with E-state index in [1.54, 1.807) is 0 Å². The van der Waals surface area contributed by atoms with Gasteiger partial charge in [0.2, 0.25) is 0 Å². The Kier molecular flexibility index (Phi) is 49.4. The van der Waals surface area contributed by atoms with Gasteiger partial charge in [-0.3, -0.25) is 14.4 Å². The first-order chi connectivity index (χ1) is 31.5. The minimum Gasteiger partial charge on any atom is -0.462 e. The molecule has 0 aromatic carbocycles. The van der Waals surface area contributed by atoms with Crippen LogP contribution < -0.4 is 0 Å². The van der Waals surface area contributed by atoms with Crippen molar-refractivity contribution in [2.24, 2.45) is 0 Å². The van der Waals surface area contributed by atoms with Crippen LogP contribution in [0.4, 0.5) is 0 Å². The number of hydrogen-bond acceptors (Lipinski definition) is 6. The molecule has 64 heavy (non-hydrogen) atoms. The van der Waals surface area contributed by atoms with Crippen LogP contribution in [0.5, 0.6) is 0 Å². The SMILES string of the molecule is CC/C=C\C/C=C\C/C=C\CCCCCC(=O)OCC(COC(=O)CCCCCCCC/C=C\C/C=C\C/C=C\CCCCC)OC(=O)CCCCCCC/C=C\CCCCCCC. The van der Waals surface area contributed by atoms with Gasteiger partial charge in [-0.2, -0.15) is 0 Å². The first kappa shape index (κ1) is 60.6. The lowest BCUT2D eigenvalue weighted by molar-refractivity contribution is -0.167.